The molecular weight excluding hydrogens is 372 g/mol. The molecule has 1 aliphatic rings. The molecule has 0 heterocycles. The van der Waals surface area contributed by atoms with Crippen molar-refractivity contribution in [3.8, 4) is 0 Å². The SMILES string of the molecule is CC.CC1=CCC(/C(=C(/CCC(C)C)c2ccccc2)c2ccccc2)C=C1.CCC. The average Bonchev–Trinajstić information content (AvgIpc) is 2.80. The molecule has 0 bridgehead atoms. The lowest BCUT2D eigenvalue weighted by Gasteiger charge is -2.25. The molecule has 2 aromatic carbocycles. The van der Waals surface area contributed by atoms with Gasteiger partial charge in [-0.3, -0.25) is 0 Å². The highest BCUT2D eigenvalue weighted by atomic mass is 14.2. The van der Waals surface area contributed by atoms with Crippen LogP contribution in [0.2, 0.25) is 0 Å². The fourth-order valence-corrected chi connectivity index (χ4v) is 3.68. The van der Waals surface area contributed by atoms with E-state index < -0.39 is 0 Å². The Balaban J connectivity index is 0.000000884. The van der Waals surface area contributed by atoms with Gasteiger partial charge in [0.05, 0.1) is 0 Å². The van der Waals surface area contributed by atoms with E-state index in [1.165, 1.54) is 40.7 Å². The van der Waals surface area contributed by atoms with Gasteiger partial charge in [-0.25, -0.2) is 0 Å². The number of allylic oxidation sites excluding steroid dienone is 6. The van der Waals surface area contributed by atoms with Gasteiger partial charge in [-0.1, -0.05) is 132 Å². The van der Waals surface area contributed by atoms with E-state index in [2.05, 4.69) is 114 Å². The van der Waals surface area contributed by atoms with Gasteiger partial charge < -0.3 is 0 Å². The van der Waals surface area contributed by atoms with Gasteiger partial charge in [0.1, 0.15) is 0 Å². The van der Waals surface area contributed by atoms with Crippen LogP contribution in [-0.4, -0.2) is 0 Å². The van der Waals surface area contributed by atoms with Crippen LogP contribution in [0.15, 0.2) is 84.5 Å². The number of hydrogen-bond acceptors (Lipinski definition) is 0. The summed E-state index contributed by atoms with van der Waals surface area (Å²) in [5, 5.41) is 0. The Morgan fingerprint density at radius 3 is 1.84 bits per heavy atom. The first-order valence-corrected chi connectivity index (χ1v) is 12.3. The van der Waals surface area contributed by atoms with Gasteiger partial charge in [0.25, 0.3) is 0 Å². The van der Waals surface area contributed by atoms with Crippen molar-refractivity contribution in [1.29, 1.82) is 0 Å². The van der Waals surface area contributed by atoms with E-state index >= 15 is 0 Å². The van der Waals surface area contributed by atoms with Crippen molar-refractivity contribution in [2.75, 3.05) is 0 Å². The van der Waals surface area contributed by atoms with E-state index in [4.69, 9.17) is 0 Å². The molecule has 0 fully saturated rings. The Hall–Kier alpha value is -2.34. The monoisotopic (exact) mass is 416 g/mol. The first-order valence-electron chi connectivity index (χ1n) is 12.3. The molecule has 0 N–H and O–H groups in total. The molecule has 0 spiro atoms. The second kappa shape index (κ2) is 15.5. The molecule has 2 aromatic rings. The summed E-state index contributed by atoms with van der Waals surface area (Å²) in [6, 6.07) is 21.9. The Morgan fingerprint density at radius 1 is 0.871 bits per heavy atom. The smallest absolute Gasteiger partial charge is 0.00647 e. The molecule has 0 nitrogen and oxygen atoms in total. The van der Waals surface area contributed by atoms with Crippen LogP contribution >= 0.6 is 0 Å². The van der Waals surface area contributed by atoms with E-state index in [0.717, 1.165) is 12.8 Å². The lowest BCUT2D eigenvalue weighted by molar-refractivity contribution is 0.598. The van der Waals surface area contributed by atoms with Gasteiger partial charge in [0.2, 0.25) is 0 Å². The third-order valence-corrected chi connectivity index (χ3v) is 5.16. The van der Waals surface area contributed by atoms with Crippen molar-refractivity contribution in [3.05, 3.63) is 95.6 Å². The maximum absolute atomic E-state index is 2.40. The van der Waals surface area contributed by atoms with Crippen LogP contribution in [0, 0.1) is 11.8 Å². The van der Waals surface area contributed by atoms with Crippen molar-refractivity contribution < 1.29 is 0 Å². The molecule has 1 atom stereocenters. The molecule has 168 valence electrons. The largest absolute Gasteiger partial charge is 0.0807 e. The minimum atomic E-state index is 0.448. The van der Waals surface area contributed by atoms with Gasteiger partial charge in [-0.2, -0.15) is 0 Å². The van der Waals surface area contributed by atoms with Crippen LogP contribution in [0.3, 0.4) is 0 Å². The summed E-state index contributed by atoms with van der Waals surface area (Å²) in [5.41, 5.74) is 7.10. The van der Waals surface area contributed by atoms with Gasteiger partial charge in [0, 0.05) is 5.92 Å². The lowest BCUT2D eigenvalue weighted by atomic mass is 9.80. The summed E-state index contributed by atoms with van der Waals surface area (Å²) >= 11 is 0. The molecule has 0 amide bonds. The fourth-order valence-electron chi connectivity index (χ4n) is 3.68. The zero-order valence-corrected chi connectivity index (χ0v) is 21.0. The van der Waals surface area contributed by atoms with Gasteiger partial charge in [-0.15, -0.1) is 0 Å². The normalized spacial score (nSPS) is 15.7. The summed E-state index contributed by atoms with van der Waals surface area (Å²) in [4.78, 5) is 0. The van der Waals surface area contributed by atoms with Gasteiger partial charge >= 0.3 is 0 Å². The van der Waals surface area contributed by atoms with Crippen molar-refractivity contribution in [3.63, 3.8) is 0 Å². The average molecular weight is 417 g/mol. The summed E-state index contributed by atoms with van der Waals surface area (Å²) < 4.78 is 0. The molecule has 3 rings (SSSR count). The predicted octanol–water partition coefficient (Wildman–Crippen LogP) is 10.00. The first kappa shape index (κ1) is 26.7. The topological polar surface area (TPSA) is 0 Å². The Labute approximate surface area is 192 Å². The highest BCUT2D eigenvalue weighted by molar-refractivity contribution is 5.92. The molecule has 0 saturated carbocycles. The highest BCUT2D eigenvalue weighted by Gasteiger charge is 2.20. The van der Waals surface area contributed by atoms with E-state index in [9.17, 15) is 0 Å². The summed E-state index contributed by atoms with van der Waals surface area (Å²) in [5.74, 6) is 1.15. The van der Waals surface area contributed by atoms with Crippen LogP contribution in [0.1, 0.15) is 85.3 Å². The molecular formula is C31H44. The molecule has 1 unspecified atom stereocenters. The maximum Gasteiger partial charge on any atom is 0.00647 e. The van der Waals surface area contributed by atoms with Crippen LogP contribution in [0.25, 0.3) is 11.1 Å². The number of hydrogen-bond donors (Lipinski definition) is 0. The van der Waals surface area contributed by atoms with E-state index in [1.807, 2.05) is 13.8 Å². The van der Waals surface area contributed by atoms with Gasteiger partial charge in [0.15, 0.2) is 0 Å². The van der Waals surface area contributed by atoms with Crippen LogP contribution in [-0.2, 0) is 0 Å². The molecule has 0 heteroatoms. The molecule has 0 radical (unpaired) electrons. The van der Waals surface area contributed by atoms with Crippen LogP contribution < -0.4 is 0 Å². The molecule has 0 saturated heterocycles. The van der Waals surface area contributed by atoms with E-state index in [-0.39, 0.29) is 0 Å². The summed E-state index contributed by atoms with van der Waals surface area (Å²) in [6.45, 7) is 15.1. The van der Waals surface area contributed by atoms with Crippen molar-refractivity contribution in [2.45, 2.75) is 74.1 Å². The van der Waals surface area contributed by atoms with Crippen molar-refractivity contribution in [2.24, 2.45) is 11.8 Å². The fraction of sp³-hybridized carbons (Fsp3) is 0.419. The third-order valence-electron chi connectivity index (χ3n) is 5.16. The number of benzene rings is 2. The zero-order chi connectivity index (χ0) is 23.1. The lowest BCUT2D eigenvalue weighted by Crippen LogP contribution is -2.07. The number of rotatable bonds is 6. The molecule has 1 aliphatic carbocycles. The molecule has 0 aliphatic heterocycles. The Morgan fingerprint density at radius 2 is 1.39 bits per heavy atom. The second-order valence-electron chi connectivity index (χ2n) is 8.41. The predicted molar refractivity (Wildman–Crippen MR) is 142 cm³/mol. The minimum Gasteiger partial charge on any atom is -0.0807 e. The Kier molecular flexibility index (Phi) is 13.3. The highest BCUT2D eigenvalue weighted by Crippen LogP contribution is 2.39. The maximum atomic E-state index is 2.40. The first-order chi connectivity index (χ1) is 15.1. The van der Waals surface area contributed by atoms with Crippen LogP contribution in [0.4, 0.5) is 0 Å². The third kappa shape index (κ3) is 9.13. The Bertz CT molecular complexity index is 804. The van der Waals surface area contributed by atoms with E-state index in [0.29, 0.717) is 11.8 Å². The van der Waals surface area contributed by atoms with Crippen molar-refractivity contribution in [1.82, 2.24) is 0 Å². The molecule has 0 aromatic heterocycles. The van der Waals surface area contributed by atoms with Gasteiger partial charge in [-0.05, 0) is 54.4 Å². The summed E-state index contributed by atoms with van der Waals surface area (Å²) in [6.07, 6.45) is 11.7. The second-order valence-corrected chi connectivity index (χ2v) is 8.41. The quantitative estimate of drug-likeness (QED) is 0.411. The van der Waals surface area contributed by atoms with E-state index in [1.54, 1.807) is 0 Å². The van der Waals surface area contributed by atoms with Crippen molar-refractivity contribution >= 4 is 11.1 Å². The standard InChI is InChI=1S/C26H30.C3H8.C2H6/c1-20(2)14-19-25(22-10-6-4-7-11-22)26(23-12-8-5-9-13-23)24-17-15-21(3)16-18-24;1-3-2;1-2/h4-13,15-17,20,24H,14,18-19H2,1-3H3;3H2,1-2H3;1-2H3/b26-25-;;. The van der Waals surface area contributed by atoms with Crippen LogP contribution in [0.5, 0.6) is 0 Å². The molecule has 31 heavy (non-hydrogen) atoms. The minimum absolute atomic E-state index is 0.448. The summed E-state index contributed by atoms with van der Waals surface area (Å²) in [7, 11) is 0. The zero-order valence-electron chi connectivity index (χ0n) is 21.0.